The summed E-state index contributed by atoms with van der Waals surface area (Å²) in [6.07, 6.45) is 1.95. The monoisotopic (exact) mass is 194 g/mol. The number of ether oxygens (including phenoxy) is 1. The van der Waals surface area contributed by atoms with Gasteiger partial charge in [0.15, 0.2) is 6.29 Å². The van der Waals surface area contributed by atoms with Gasteiger partial charge in [0.25, 0.3) is 0 Å². The summed E-state index contributed by atoms with van der Waals surface area (Å²) in [7, 11) is 0. The average Bonchev–Trinajstić information content (AvgIpc) is 2.20. The van der Waals surface area contributed by atoms with E-state index in [1.807, 2.05) is 0 Å². The molecule has 0 aliphatic carbocycles. The average molecular weight is 194 g/mol. The Morgan fingerprint density at radius 2 is 2.29 bits per heavy atom. The van der Waals surface area contributed by atoms with E-state index in [0.717, 1.165) is 6.07 Å². The summed E-state index contributed by atoms with van der Waals surface area (Å²) in [5.74, 6) is -0.0838. The van der Waals surface area contributed by atoms with Crippen LogP contribution in [0.5, 0.6) is 5.75 Å². The summed E-state index contributed by atoms with van der Waals surface area (Å²) in [6.45, 7) is 5.33. The van der Waals surface area contributed by atoms with E-state index in [1.165, 1.54) is 12.1 Å². The van der Waals surface area contributed by atoms with Crippen molar-refractivity contribution in [2.75, 3.05) is 0 Å². The predicted molar refractivity (Wildman–Crippen MR) is 52.1 cm³/mol. The lowest BCUT2D eigenvalue weighted by Gasteiger charge is -2.11. The SMILES string of the molecule is C=CC(C)Oc1ccc(F)cc1C=O. The highest BCUT2D eigenvalue weighted by Gasteiger charge is 2.06. The summed E-state index contributed by atoms with van der Waals surface area (Å²) >= 11 is 0. The first-order chi connectivity index (χ1) is 6.67. The molecule has 0 aliphatic heterocycles. The molecule has 0 saturated carbocycles. The van der Waals surface area contributed by atoms with Crippen LogP contribution < -0.4 is 4.74 Å². The Morgan fingerprint density at radius 1 is 1.57 bits per heavy atom. The third-order valence-corrected chi connectivity index (χ3v) is 1.74. The number of hydrogen-bond donors (Lipinski definition) is 0. The van der Waals surface area contributed by atoms with Gasteiger partial charge in [0.1, 0.15) is 17.7 Å². The lowest BCUT2D eigenvalue weighted by molar-refractivity contribution is 0.111. The molecule has 0 heterocycles. The third kappa shape index (κ3) is 2.42. The summed E-state index contributed by atoms with van der Waals surface area (Å²) < 4.78 is 18.0. The number of carbonyl (C=O) groups excluding carboxylic acids is 1. The molecule has 0 saturated heterocycles. The second-order valence-electron chi connectivity index (χ2n) is 2.86. The summed E-state index contributed by atoms with van der Waals surface area (Å²) in [5.41, 5.74) is 0.207. The molecule has 0 spiro atoms. The van der Waals surface area contributed by atoms with Crippen LogP contribution in [0.25, 0.3) is 0 Å². The van der Waals surface area contributed by atoms with Crippen LogP contribution >= 0.6 is 0 Å². The molecule has 1 unspecified atom stereocenters. The first-order valence-electron chi connectivity index (χ1n) is 4.21. The third-order valence-electron chi connectivity index (χ3n) is 1.74. The normalized spacial score (nSPS) is 11.9. The fraction of sp³-hybridized carbons (Fsp3) is 0.182. The summed E-state index contributed by atoms with van der Waals surface area (Å²) in [5, 5.41) is 0. The van der Waals surface area contributed by atoms with Crippen LogP contribution in [0.3, 0.4) is 0 Å². The Balaban J connectivity index is 2.96. The maximum atomic E-state index is 12.7. The molecule has 0 aromatic heterocycles. The number of aldehydes is 1. The van der Waals surface area contributed by atoms with Crippen molar-refractivity contribution in [2.24, 2.45) is 0 Å². The van der Waals surface area contributed by atoms with Gasteiger partial charge in [-0.1, -0.05) is 12.7 Å². The van der Waals surface area contributed by atoms with Gasteiger partial charge < -0.3 is 4.74 Å². The first kappa shape index (κ1) is 10.4. The minimum absolute atomic E-state index is 0.207. The number of rotatable bonds is 4. The maximum Gasteiger partial charge on any atom is 0.153 e. The minimum Gasteiger partial charge on any atom is -0.486 e. The van der Waals surface area contributed by atoms with Gasteiger partial charge in [0, 0.05) is 0 Å². The van der Waals surface area contributed by atoms with Crippen molar-refractivity contribution < 1.29 is 13.9 Å². The van der Waals surface area contributed by atoms with E-state index in [2.05, 4.69) is 6.58 Å². The van der Waals surface area contributed by atoms with E-state index in [-0.39, 0.29) is 11.7 Å². The number of halogens is 1. The molecular formula is C11H11FO2. The zero-order valence-electron chi connectivity index (χ0n) is 7.87. The molecule has 1 aromatic carbocycles. The van der Waals surface area contributed by atoms with Gasteiger partial charge in [0.2, 0.25) is 0 Å². The van der Waals surface area contributed by atoms with Crippen molar-refractivity contribution in [3.8, 4) is 5.75 Å². The van der Waals surface area contributed by atoms with Gasteiger partial charge in [-0.25, -0.2) is 4.39 Å². The summed E-state index contributed by atoms with van der Waals surface area (Å²) in [4.78, 5) is 10.6. The molecule has 0 N–H and O–H groups in total. The van der Waals surface area contributed by atoms with E-state index in [0.29, 0.717) is 12.0 Å². The fourth-order valence-corrected chi connectivity index (χ4v) is 0.967. The maximum absolute atomic E-state index is 12.7. The molecular weight excluding hydrogens is 183 g/mol. The molecule has 2 nitrogen and oxygen atoms in total. The highest BCUT2D eigenvalue weighted by Crippen LogP contribution is 2.19. The Morgan fingerprint density at radius 3 is 2.86 bits per heavy atom. The van der Waals surface area contributed by atoms with Gasteiger partial charge in [0.05, 0.1) is 5.56 Å². The smallest absolute Gasteiger partial charge is 0.153 e. The van der Waals surface area contributed by atoms with E-state index >= 15 is 0 Å². The van der Waals surface area contributed by atoms with E-state index in [4.69, 9.17) is 4.74 Å². The van der Waals surface area contributed by atoms with Gasteiger partial charge in [-0.05, 0) is 25.1 Å². The quantitative estimate of drug-likeness (QED) is 0.544. The number of hydrogen-bond acceptors (Lipinski definition) is 2. The van der Waals surface area contributed by atoms with Crippen LogP contribution in [0.15, 0.2) is 30.9 Å². The van der Waals surface area contributed by atoms with Gasteiger partial charge in [-0.15, -0.1) is 0 Å². The lowest BCUT2D eigenvalue weighted by Crippen LogP contribution is -2.08. The van der Waals surface area contributed by atoms with E-state index in [1.54, 1.807) is 13.0 Å². The molecule has 0 aliphatic rings. The van der Waals surface area contributed by atoms with Gasteiger partial charge in [-0.2, -0.15) is 0 Å². The lowest BCUT2D eigenvalue weighted by atomic mass is 10.2. The molecule has 1 atom stereocenters. The van der Waals surface area contributed by atoms with Crippen molar-refractivity contribution >= 4 is 6.29 Å². The highest BCUT2D eigenvalue weighted by molar-refractivity contribution is 5.79. The van der Waals surface area contributed by atoms with Crippen molar-refractivity contribution in [3.63, 3.8) is 0 Å². The molecule has 1 aromatic rings. The standard InChI is InChI=1S/C11H11FO2/c1-3-8(2)14-11-5-4-10(12)6-9(11)7-13/h3-8H,1H2,2H3. The van der Waals surface area contributed by atoms with Crippen molar-refractivity contribution in [1.29, 1.82) is 0 Å². The molecule has 3 heteroatoms. The van der Waals surface area contributed by atoms with Crippen LogP contribution in [0.2, 0.25) is 0 Å². The predicted octanol–water partition coefficient (Wildman–Crippen LogP) is 2.59. The molecule has 0 bridgehead atoms. The minimum atomic E-state index is -0.453. The largest absolute Gasteiger partial charge is 0.486 e. The highest BCUT2D eigenvalue weighted by atomic mass is 19.1. The molecule has 1 rings (SSSR count). The van der Waals surface area contributed by atoms with Crippen LogP contribution in [0, 0.1) is 5.82 Å². The van der Waals surface area contributed by atoms with Crippen LogP contribution in [-0.4, -0.2) is 12.4 Å². The zero-order valence-corrected chi connectivity index (χ0v) is 7.87. The van der Waals surface area contributed by atoms with Gasteiger partial charge in [-0.3, -0.25) is 4.79 Å². The Bertz CT molecular complexity index is 347. The Hall–Kier alpha value is -1.64. The molecule has 74 valence electrons. The van der Waals surface area contributed by atoms with E-state index < -0.39 is 5.82 Å². The van der Waals surface area contributed by atoms with Crippen molar-refractivity contribution in [3.05, 3.63) is 42.2 Å². The van der Waals surface area contributed by atoms with Gasteiger partial charge >= 0.3 is 0 Å². The van der Waals surface area contributed by atoms with Crippen LogP contribution in [-0.2, 0) is 0 Å². The van der Waals surface area contributed by atoms with Crippen LogP contribution in [0.1, 0.15) is 17.3 Å². The Kier molecular flexibility index (Phi) is 3.40. The van der Waals surface area contributed by atoms with Crippen molar-refractivity contribution in [1.82, 2.24) is 0 Å². The van der Waals surface area contributed by atoms with Crippen LogP contribution in [0.4, 0.5) is 4.39 Å². The molecule has 0 fully saturated rings. The summed E-state index contributed by atoms with van der Waals surface area (Å²) in [6, 6.07) is 3.81. The topological polar surface area (TPSA) is 26.3 Å². The second kappa shape index (κ2) is 4.56. The first-order valence-corrected chi connectivity index (χ1v) is 4.21. The molecule has 0 amide bonds. The fourth-order valence-electron chi connectivity index (χ4n) is 0.967. The van der Waals surface area contributed by atoms with Crippen molar-refractivity contribution in [2.45, 2.75) is 13.0 Å². The van der Waals surface area contributed by atoms with E-state index in [9.17, 15) is 9.18 Å². The Labute approximate surface area is 82.0 Å². The molecule has 14 heavy (non-hydrogen) atoms. The second-order valence-corrected chi connectivity index (χ2v) is 2.86. The zero-order chi connectivity index (χ0) is 10.6. The number of carbonyl (C=O) groups is 1. The number of benzene rings is 1. The molecule has 0 radical (unpaired) electrons.